The molecule has 0 atom stereocenters. The summed E-state index contributed by atoms with van der Waals surface area (Å²) < 4.78 is 12.7. The van der Waals surface area contributed by atoms with Crippen LogP contribution in [0.4, 0.5) is 4.39 Å². The molecule has 4 heteroatoms. The number of hydrogen-bond donors (Lipinski definition) is 1. The first kappa shape index (κ1) is 8.30. The van der Waals surface area contributed by atoms with Crippen molar-refractivity contribution in [1.82, 2.24) is 5.48 Å². The highest BCUT2D eigenvalue weighted by atomic mass is 35.5. The van der Waals surface area contributed by atoms with Gasteiger partial charge in [0.05, 0.1) is 5.02 Å². The van der Waals surface area contributed by atoms with Gasteiger partial charge in [-0.05, 0) is 12.1 Å². The number of halogens is 2. The van der Waals surface area contributed by atoms with Gasteiger partial charge in [0.2, 0.25) is 0 Å². The summed E-state index contributed by atoms with van der Waals surface area (Å²) in [6.07, 6.45) is 0. The first-order valence-corrected chi connectivity index (χ1v) is 3.40. The fourth-order valence-electron chi connectivity index (χ4n) is 0.658. The summed E-state index contributed by atoms with van der Waals surface area (Å²) in [7, 11) is 1.59. The van der Waals surface area contributed by atoms with Gasteiger partial charge in [-0.1, -0.05) is 11.6 Å². The van der Waals surface area contributed by atoms with Crippen molar-refractivity contribution in [3.8, 4) is 5.75 Å². The molecule has 0 aromatic heterocycles. The molecule has 0 aliphatic carbocycles. The van der Waals surface area contributed by atoms with Crippen molar-refractivity contribution in [3.05, 3.63) is 29.0 Å². The highest BCUT2D eigenvalue weighted by molar-refractivity contribution is 6.30. The van der Waals surface area contributed by atoms with E-state index in [0.29, 0.717) is 5.75 Å². The Balaban J connectivity index is 2.86. The van der Waals surface area contributed by atoms with E-state index >= 15 is 0 Å². The van der Waals surface area contributed by atoms with E-state index in [2.05, 4.69) is 5.48 Å². The van der Waals surface area contributed by atoms with Crippen molar-refractivity contribution in [2.24, 2.45) is 0 Å². The monoisotopic (exact) mass is 175 g/mol. The predicted octanol–water partition coefficient (Wildman–Crippen LogP) is 1.99. The molecule has 0 radical (unpaired) electrons. The molecule has 1 N–H and O–H groups in total. The normalized spacial score (nSPS) is 9.73. The van der Waals surface area contributed by atoms with Crippen LogP contribution in [0.15, 0.2) is 18.2 Å². The highest BCUT2D eigenvalue weighted by Crippen LogP contribution is 2.19. The third kappa shape index (κ3) is 2.06. The lowest BCUT2D eigenvalue weighted by molar-refractivity contribution is 0.223. The zero-order chi connectivity index (χ0) is 8.27. The lowest BCUT2D eigenvalue weighted by atomic mass is 10.3. The molecule has 0 saturated carbocycles. The molecule has 1 aromatic carbocycles. The van der Waals surface area contributed by atoms with Crippen LogP contribution in [-0.4, -0.2) is 7.05 Å². The standard InChI is InChI=1S/C7H7ClFNO/c1-10-11-5-2-3-6(8)7(9)4-5/h2-4,10H,1H3. The predicted molar refractivity (Wildman–Crippen MR) is 41.1 cm³/mol. The van der Waals surface area contributed by atoms with Gasteiger partial charge in [0.15, 0.2) is 0 Å². The molecule has 0 saturated heterocycles. The number of hydroxylamine groups is 1. The summed E-state index contributed by atoms with van der Waals surface area (Å²) in [6, 6.07) is 4.21. The van der Waals surface area contributed by atoms with Gasteiger partial charge in [-0.15, -0.1) is 0 Å². The lowest BCUT2D eigenvalue weighted by Gasteiger charge is -2.02. The van der Waals surface area contributed by atoms with Gasteiger partial charge in [-0.3, -0.25) is 0 Å². The summed E-state index contributed by atoms with van der Waals surface area (Å²) in [5.41, 5.74) is 2.42. The van der Waals surface area contributed by atoms with E-state index in [4.69, 9.17) is 16.4 Å². The van der Waals surface area contributed by atoms with Gasteiger partial charge in [-0.2, -0.15) is 5.48 Å². The van der Waals surface area contributed by atoms with Gasteiger partial charge in [0.25, 0.3) is 0 Å². The first-order chi connectivity index (χ1) is 5.24. The van der Waals surface area contributed by atoms with Crippen molar-refractivity contribution in [3.63, 3.8) is 0 Å². The van der Waals surface area contributed by atoms with Crippen LogP contribution in [0.3, 0.4) is 0 Å². The van der Waals surface area contributed by atoms with Crippen LogP contribution < -0.4 is 10.3 Å². The van der Waals surface area contributed by atoms with Crippen molar-refractivity contribution in [2.45, 2.75) is 0 Å². The number of benzene rings is 1. The van der Waals surface area contributed by atoms with Crippen molar-refractivity contribution >= 4 is 11.6 Å². The molecule has 0 fully saturated rings. The maximum absolute atomic E-state index is 12.7. The molecule has 0 aliphatic rings. The third-order valence-corrected chi connectivity index (χ3v) is 1.42. The van der Waals surface area contributed by atoms with Crippen molar-refractivity contribution in [2.75, 3.05) is 7.05 Å². The van der Waals surface area contributed by atoms with Crippen LogP contribution in [0.5, 0.6) is 5.75 Å². The van der Waals surface area contributed by atoms with Crippen molar-refractivity contribution in [1.29, 1.82) is 0 Å². The second-order valence-corrected chi connectivity index (χ2v) is 2.29. The minimum atomic E-state index is -0.487. The average molecular weight is 176 g/mol. The summed E-state index contributed by atoms with van der Waals surface area (Å²) in [6.45, 7) is 0. The van der Waals surface area contributed by atoms with E-state index in [1.165, 1.54) is 12.1 Å². The third-order valence-electron chi connectivity index (χ3n) is 1.11. The molecule has 0 spiro atoms. The van der Waals surface area contributed by atoms with E-state index in [0.717, 1.165) is 0 Å². The van der Waals surface area contributed by atoms with Crippen LogP contribution in [0.2, 0.25) is 5.02 Å². The minimum absolute atomic E-state index is 0.0912. The zero-order valence-corrected chi connectivity index (χ0v) is 6.65. The minimum Gasteiger partial charge on any atom is -0.409 e. The van der Waals surface area contributed by atoms with Gasteiger partial charge >= 0.3 is 0 Å². The summed E-state index contributed by atoms with van der Waals surface area (Å²) in [4.78, 5) is 4.79. The fourth-order valence-corrected chi connectivity index (χ4v) is 0.776. The molecule has 60 valence electrons. The van der Waals surface area contributed by atoms with Gasteiger partial charge in [0.1, 0.15) is 11.6 Å². The molecule has 1 rings (SSSR count). The molecule has 0 amide bonds. The number of nitrogens with one attached hydrogen (secondary N) is 1. The Morgan fingerprint density at radius 1 is 1.55 bits per heavy atom. The SMILES string of the molecule is CNOc1ccc(Cl)c(F)c1. The molecular weight excluding hydrogens is 169 g/mol. The molecule has 0 unspecified atom stereocenters. The van der Waals surface area contributed by atoms with Crippen LogP contribution in [-0.2, 0) is 0 Å². The van der Waals surface area contributed by atoms with E-state index in [1.807, 2.05) is 0 Å². The van der Waals surface area contributed by atoms with Gasteiger partial charge in [0, 0.05) is 13.1 Å². The van der Waals surface area contributed by atoms with E-state index in [9.17, 15) is 4.39 Å². The van der Waals surface area contributed by atoms with Gasteiger partial charge in [-0.25, -0.2) is 4.39 Å². The van der Waals surface area contributed by atoms with E-state index in [1.54, 1.807) is 13.1 Å². The lowest BCUT2D eigenvalue weighted by Crippen LogP contribution is -2.10. The highest BCUT2D eigenvalue weighted by Gasteiger charge is 2.00. The fraction of sp³-hybridized carbons (Fsp3) is 0.143. The maximum atomic E-state index is 12.7. The Morgan fingerprint density at radius 3 is 2.82 bits per heavy atom. The van der Waals surface area contributed by atoms with Crippen LogP contribution in [0.1, 0.15) is 0 Å². The van der Waals surface area contributed by atoms with Crippen LogP contribution in [0, 0.1) is 5.82 Å². The molecule has 0 bridgehead atoms. The second kappa shape index (κ2) is 3.55. The Labute approximate surface area is 68.9 Å². The summed E-state index contributed by atoms with van der Waals surface area (Å²) in [5.74, 6) is -0.0891. The Hall–Kier alpha value is -0.800. The van der Waals surface area contributed by atoms with E-state index < -0.39 is 5.82 Å². The molecule has 1 aromatic rings. The summed E-state index contributed by atoms with van der Waals surface area (Å²) >= 11 is 5.43. The summed E-state index contributed by atoms with van der Waals surface area (Å²) in [5, 5.41) is 0.0912. The molecule has 0 heterocycles. The number of rotatable bonds is 2. The Bertz CT molecular complexity index is 254. The Kier molecular flexibility index (Phi) is 2.68. The number of hydrogen-bond acceptors (Lipinski definition) is 2. The van der Waals surface area contributed by atoms with Gasteiger partial charge < -0.3 is 4.84 Å². The quantitative estimate of drug-likeness (QED) is 0.695. The first-order valence-electron chi connectivity index (χ1n) is 3.02. The smallest absolute Gasteiger partial charge is 0.150 e. The molecule has 11 heavy (non-hydrogen) atoms. The van der Waals surface area contributed by atoms with E-state index in [-0.39, 0.29) is 5.02 Å². The zero-order valence-electron chi connectivity index (χ0n) is 5.90. The van der Waals surface area contributed by atoms with Crippen LogP contribution >= 0.6 is 11.6 Å². The van der Waals surface area contributed by atoms with Crippen molar-refractivity contribution < 1.29 is 9.23 Å². The maximum Gasteiger partial charge on any atom is 0.150 e. The second-order valence-electron chi connectivity index (χ2n) is 1.88. The largest absolute Gasteiger partial charge is 0.409 e. The molecule has 0 aliphatic heterocycles. The average Bonchev–Trinajstić information content (AvgIpc) is 1.98. The molecular formula is C7H7ClFNO. The Morgan fingerprint density at radius 2 is 2.27 bits per heavy atom. The molecule has 2 nitrogen and oxygen atoms in total. The topological polar surface area (TPSA) is 21.3 Å². The van der Waals surface area contributed by atoms with Crippen LogP contribution in [0.25, 0.3) is 0 Å².